The number of aryl methyl sites for hydroxylation is 1. The Morgan fingerprint density at radius 3 is 2.20 bits per heavy atom. The van der Waals surface area contributed by atoms with Crippen molar-refractivity contribution < 1.29 is 18.0 Å². The number of carbonyl (C=O) groups is 2. The Kier molecular flexibility index (Phi) is 11.4. The van der Waals surface area contributed by atoms with Gasteiger partial charge in [-0.15, -0.1) is 0 Å². The molecule has 0 aliphatic carbocycles. The van der Waals surface area contributed by atoms with E-state index in [0.29, 0.717) is 13.0 Å². The maximum atomic E-state index is 14.0. The van der Waals surface area contributed by atoms with Crippen molar-refractivity contribution in [1.29, 1.82) is 0 Å². The van der Waals surface area contributed by atoms with Crippen LogP contribution in [0.4, 0.5) is 5.69 Å². The lowest BCUT2D eigenvalue weighted by Gasteiger charge is -2.33. The largest absolute Gasteiger partial charge is 0.354 e. The molecule has 7 nitrogen and oxygen atoms in total. The molecule has 3 rings (SSSR count). The highest BCUT2D eigenvalue weighted by molar-refractivity contribution is 7.92. The summed E-state index contributed by atoms with van der Waals surface area (Å²) in [5.41, 5.74) is 2.07. The Bertz CT molecular complexity index is 1400. The van der Waals surface area contributed by atoms with Crippen LogP contribution < -0.4 is 9.62 Å². The number of nitrogens with one attached hydrogen (secondary N) is 1. The molecule has 10 heteroatoms. The van der Waals surface area contributed by atoms with Crippen LogP contribution in [0.3, 0.4) is 0 Å². The monoisotopic (exact) mass is 603 g/mol. The second-order valence-corrected chi connectivity index (χ2v) is 12.2. The Labute approximate surface area is 247 Å². The molecular weight excluding hydrogens is 569 g/mol. The van der Waals surface area contributed by atoms with Crippen LogP contribution in [0.2, 0.25) is 10.0 Å². The van der Waals surface area contributed by atoms with Crippen LogP contribution in [-0.4, -0.2) is 44.3 Å². The average molecular weight is 605 g/mol. The minimum Gasteiger partial charge on any atom is -0.354 e. The van der Waals surface area contributed by atoms with E-state index in [-0.39, 0.29) is 33.1 Å². The van der Waals surface area contributed by atoms with Gasteiger partial charge in [0.15, 0.2) is 0 Å². The number of unbranched alkanes of at least 4 members (excludes halogenated alkanes) is 1. The number of sulfonamides is 1. The van der Waals surface area contributed by atoms with Gasteiger partial charge in [-0.2, -0.15) is 0 Å². The Morgan fingerprint density at radius 1 is 0.925 bits per heavy atom. The van der Waals surface area contributed by atoms with E-state index in [2.05, 4.69) is 5.32 Å². The van der Waals surface area contributed by atoms with Gasteiger partial charge in [0.2, 0.25) is 11.8 Å². The fourth-order valence-electron chi connectivity index (χ4n) is 4.20. The standard InChI is InChI=1S/C30H35Cl2N3O4S/c1-4-6-18-33-30(37)28(5-2)34(20-23-14-12-22(3)13-15-23)29(36)21-35(24-16-17-26(31)27(32)19-24)40(38,39)25-10-8-7-9-11-25/h7-17,19,28H,4-6,18,20-21H2,1-3H3,(H,33,37). The van der Waals surface area contributed by atoms with Crippen molar-refractivity contribution in [2.75, 3.05) is 17.4 Å². The van der Waals surface area contributed by atoms with Crippen molar-refractivity contribution in [3.8, 4) is 0 Å². The summed E-state index contributed by atoms with van der Waals surface area (Å²) in [6.45, 7) is 5.92. The van der Waals surface area contributed by atoms with E-state index in [4.69, 9.17) is 23.2 Å². The van der Waals surface area contributed by atoms with Crippen molar-refractivity contribution in [1.82, 2.24) is 10.2 Å². The van der Waals surface area contributed by atoms with Gasteiger partial charge >= 0.3 is 0 Å². The van der Waals surface area contributed by atoms with E-state index in [1.807, 2.05) is 45.0 Å². The summed E-state index contributed by atoms with van der Waals surface area (Å²) in [4.78, 5) is 28.7. The molecule has 0 radical (unpaired) electrons. The number of anilines is 1. The quantitative estimate of drug-likeness (QED) is 0.235. The smallest absolute Gasteiger partial charge is 0.264 e. The van der Waals surface area contributed by atoms with E-state index in [1.54, 1.807) is 18.2 Å². The van der Waals surface area contributed by atoms with Crippen molar-refractivity contribution >= 4 is 50.7 Å². The molecule has 0 aliphatic rings. The van der Waals surface area contributed by atoms with Gasteiger partial charge in [-0.25, -0.2) is 8.42 Å². The van der Waals surface area contributed by atoms with Gasteiger partial charge in [0.25, 0.3) is 10.0 Å². The summed E-state index contributed by atoms with van der Waals surface area (Å²) in [6.07, 6.45) is 2.08. The number of amides is 2. The number of halogens is 2. The zero-order chi connectivity index (χ0) is 29.3. The topological polar surface area (TPSA) is 86.8 Å². The van der Waals surface area contributed by atoms with E-state index in [1.165, 1.54) is 35.2 Å². The fraction of sp³-hybridized carbons (Fsp3) is 0.333. The number of nitrogens with zero attached hydrogens (tertiary/aromatic N) is 2. The molecule has 0 fully saturated rings. The van der Waals surface area contributed by atoms with Crippen LogP contribution in [0.15, 0.2) is 77.7 Å². The van der Waals surface area contributed by atoms with E-state index < -0.39 is 28.5 Å². The third-order valence-corrected chi connectivity index (χ3v) is 9.02. The maximum absolute atomic E-state index is 14.0. The van der Waals surface area contributed by atoms with Crippen molar-refractivity contribution in [3.63, 3.8) is 0 Å². The normalized spacial score (nSPS) is 12.0. The molecule has 0 aromatic heterocycles. The molecule has 0 aliphatic heterocycles. The molecular formula is C30H35Cl2N3O4S. The van der Waals surface area contributed by atoms with Crippen LogP contribution in [0.1, 0.15) is 44.2 Å². The third-order valence-electron chi connectivity index (χ3n) is 6.49. The van der Waals surface area contributed by atoms with Crippen molar-refractivity contribution in [2.24, 2.45) is 0 Å². The molecule has 3 aromatic carbocycles. The summed E-state index contributed by atoms with van der Waals surface area (Å²) in [5.74, 6) is -0.799. The summed E-state index contributed by atoms with van der Waals surface area (Å²) >= 11 is 12.3. The van der Waals surface area contributed by atoms with Gasteiger partial charge in [-0.1, -0.05) is 91.5 Å². The molecule has 2 amide bonds. The van der Waals surface area contributed by atoms with Gasteiger partial charge in [0.1, 0.15) is 12.6 Å². The molecule has 40 heavy (non-hydrogen) atoms. The van der Waals surface area contributed by atoms with Gasteiger partial charge < -0.3 is 10.2 Å². The summed E-state index contributed by atoms with van der Waals surface area (Å²) < 4.78 is 28.7. The molecule has 0 bridgehead atoms. The highest BCUT2D eigenvalue weighted by Crippen LogP contribution is 2.31. The SMILES string of the molecule is CCCCNC(=O)C(CC)N(Cc1ccc(C)cc1)C(=O)CN(c1ccc(Cl)c(Cl)c1)S(=O)(=O)c1ccccc1. The lowest BCUT2D eigenvalue weighted by molar-refractivity contribution is -0.140. The zero-order valence-corrected chi connectivity index (χ0v) is 25.3. The Balaban J connectivity index is 2.04. The summed E-state index contributed by atoms with van der Waals surface area (Å²) in [6, 6.07) is 19.1. The van der Waals surface area contributed by atoms with Gasteiger partial charge in [0.05, 0.1) is 20.6 Å². The molecule has 0 saturated heterocycles. The minimum atomic E-state index is -4.18. The fourth-order valence-corrected chi connectivity index (χ4v) is 5.92. The molecule has 1 unspecified atom stereocenters. The van der Waals surface area contributed by atoms with Gasteiger partial charge in [-0.05, 0) is 55.7 Å². The number of hydrogen-bond acceptors (Lipinski definition) is 4. The Hall–Kier alpha value is -3.07. The van der Waals surface area contributed by atoms with Crippen LogP contribution in [0.25, 0.3) is 0 Å². The first-order valence-electron chi connectivity index (χ1n) is 13.2. The summed E-state index contributed by atoms with van der Waals surface area (Å²) in [7, 11) is -4.18. The van der Waals surface area contributed by atoms with E-state index in [0.717, 1.165) is 28.3 Å². The minimum absolute atomic E-state index is 0.0170. The first kappa shape index (κ1) is 31.5. The van der Waals surface area contributed by atoms with Crippen LogP contribution in [-0.2, 0) is 26.2 Å². The number of carbonyl (C=O) groups excluding carboxylic acids is 2. The number of hydrogen-bond donors (Lipinski definition) is 1. The lowest BCUT2D eigenvalue weighted by Crippen LogP contribution is -2.52. The van der Waals surface area contributed by atoms with Crippen molar-refractivity contribution in [2.45, 2.75) is 57.5 Å². The van der Waals surface area contributed by atoms with Crippen molar-refractivity contribution in [3.05, 3.63) is 94.0 Å². The van der Waals surface area contributed by atoms with Gasteiger partial charge in [-0.3, -0.25) is 13.9 Å². The highest BCUT2D eigenvalue weighted by atomic mass is 35.5. The van der Waals surface area contributed by atoms with E-state index in [9.17, 15) is 18.0 Å². The first-order valence-corrected chi connectivity index (χ1v) is 15.4. The van der Waals surface area contributed by atoms with Crippen LogP contribution in [0.5, 0.6) is 0 Å². The first-order chi connectivity index (χ1) is 19.1. The Morgan fingerprint density at radius 2 is 1.60 bits per heavy atom. The van der Waals surface area contributed by atoms with Crippen LogP contribution in [0, 0.1) is 6.92 Å². The third kappa shape index (κ3) is 7.99. The highest BCUT2D eigenvalue weighted by Gasteiger charge is 2.33. The summed E-state index contributed by atoms with van der Waals surface area (Å²) in [5, 5.41) is 3.33. The van der Waals surface area contributed by atoms with E-state index >= 15 is 0 Å². The number of rotatable bonds is 13. The van der Waals surface area contributed by atoms with Gasteiger partial charge in [0, 0.05) is 13.1 Å². The molecule has 1 N–H and O–H groups in total. The second-order valence-electron chi connectivity index (χ2n) is 9.50. The average Bonchev–Trinajstić information content (AvgIpc) is 2.94. The second kappa shape index (κ2) is 14.5. The predicted molar refractivity (Wildman–Crippen MR) is 161 cm³/mol. The molecule has 3 aromatic rings. The predicted octanol–water partition coefficient (Wildman–Crippen LogP) is 6.22. The zero-order valence-electron chi connectivity index (χ0n) is 22.9. The molecule has 214 valence electrons. The maximum Gasteiger partial charge on any atom is 0.264 e. The molecule has 0 heterocycles. The molecule has 0 saturated carbocycles. The molecule has 1 atom stereocenters. The lowest BCUT2D eigenvalue weighted by atomic mass is 10.1. The van der Waals surface area contributed by atoms with Crippen LogP contribution >= 0.6 is 23.2 Å². The number of benzene rings is 3. The molecule has 0 spiro atoms.